The molecule has 0 amide bonds. The molecule has 5 heteroatoms. The molecule has 0 spiro atoms. The topological polar surface area (TPSA) is 42.9 Å². The highest BCUT2D eigenvalue weighted by Crippen LogP contribution is 2.25. The number of hydrogen-bond acceptors (Lipinski definition) is 4. The fraction of sp³-hybridized carbons (Fsp3) is 0.0833. The van der Waals surface area contributed by atoms with E-state index in [1.165, 1.54) is 23.9 Å². The van der Waals surface area contributed by atoms with Crippen LogP contribution < -0.4 is 0 Å². The van der Waals surface area contributed by atoms with Crippen molar-refractivity contribution in [1.29, 1.82) is 0 Å². The lowest BCUT2D eigenvalue weighted by Crippen LogP contribution is -1.88. The molecule has 0 atom stereocenters. The number of nitrogens with zero attached hydrogens (tertiary/aromatic N) is 2. The Morgan fingerprint density at radius 2 is 1.94 bits per heavy atom. The van der Waals surface area contributed by atoms with Crippen molar-refractivity contribution in [2.45, 2.75) is 17.0 Å². The highest BCUT2D eigenvalue weighted by Gasteiger charge is 2.04. The van der Waals surface area contributed by atoms with Gasteiger partial charge in [0.2, 0.25) is 0 Å². The second-order valence-electron chi connectivity index (χ2n) is 3.48. The van der Waals surface area contributed by atoms with Gasteiger partial charge >= 0.3 is 0 Å². The van der Waals surface area contributed by atoms with Crippen LogP contribution in [0, 0.1) is 12.7 Å². The Morgan fingerprint density at radius 1 is 1.24 bits per heavy atom. The zero-order valence-corrected chi connectivity index (χ0v) is 9.87. The Labute approximate surface area is 102 Å². The number of hydrogen-bond donors (Lipinski definition) is 0. The number of rotatable bonds is 3. The predicted octanol–water partition coefficient (Wildman–Crippen LogP) is 2.89. The average Bonchev–Trinajstić information content (AvgIpc) is 2.31. The van der Waals surface area contributed by atoms with Crippen LogP contribution in [0.25, 0.3) is 0 Å². The number of aryl methyl sites for hydroxylation is 1. The summed E-state index contributed by atoms with van der Waals surface area (Å²) in [5, 5.41) is 0.526. The fourth-order valence-electron chi connectivity index (χ4n) is 1.25. The summed E-state index contributed by atoms with van der Waals surface area (Å²) in [6.07, 6.45) is 3.99. The van der Waals surface area contributed by atoms with E-state index in [2.05, 4.69) is 9.97 Å². The van der Waals surface area contributed by atoms with Crippen LogP contribution in [-0.2, 0) is 0 Å². The van der Waals surface area contributed by atoms with Crippen molar-refractivity contribution in [3.63, 3.8) is 0 Å². The van der Waals surface area contributed by atoms with Gasteiger partial charge in [-0.05, 0) is 42.4 Å². The quantitative estimate of drug-likeness (QED) is 0.618. The molecule has 0 N–H and O–H groups in total. The molecular formula is C12H9FN2OS. The van der Waals surface area contributed by atoms with E-state index >= 15 is 0 Å². The summed E-state index contributed by atoms with van der Waals surface area (Å²) in [6, 6.07) is 4.14. The number of carbonyl (C=O) groups is 1. The predicted molar refractivity (Wildman–Crippen MR) is 62.7 cm³/mol. The van der Waals surface area contributed by atoms with E-state index in [9.17, 15) is 9.18 Å². The van der Waals surface area contributed by atoms with Crippen LogP contribution in [-0.4, -0.2) is 16.3 Å². The fourth-order valence-corrected chi connectivity index (χ4v) is 2.04. The first-order chi connectivity index (χ1) is 8.17. The lowest BCUT2D eigenvalue weighted by atomic mass is 10.2. The summed E-state index contributed by atoms with van der Waals surface area (Å²) in [5.74, 6) is -0.441. The largest absolute Gasteiger partial charge is 0.298 e. The first-order valence-electron chi connectivity index (χ1n) is 4.89. The molecule has 0 aliphatic heterocycles. The molecule has 0 saturated heterocycles. The van der Waals surface area contributed by atoms with Gasteiger partial charge in [-0.1, -0.05) is 0 Å². The van der Waals surface area contributed by atoms with E-state index < -0.39 is 5.82 Å². The van der Waals surface area contributed by atoms with Crippen molar-refractivity contribution in [3.05, 3.63) is 47.5 Å². The maximum Gasteiger partial charge on any atom is 0.192 e. The maximum absolute atomic E-state index is 13.2. The minimum absolute atomic E-state index is 0.305. The van der Waals surface area contributed by atoms with Gasteiger partial charge in [0.05, 0.1) is 0 Å². The third kappa shape index (κ3) is 3.10. The second-order valence-corrected chi connectivity index (χ2v) is 4.52. The van der Waals surface area contributed by atoms with Gasteiger partial charge in [0.15, 0.2) is 5.16 Å². The first-order valence-corrected chi connectivity index (χ1v) is 5.71. The summed E-state index contributed by atoms with van der Waals surface area (Å²) in [7, 11) is 0. The Bertz CT molecular complexity index is 543. The zero-order chi connectivity index (χ0) is 12.3. The minimum Gasteiger partial charge on any atom is -0.298 e. The number of benzene rings is 1. The van der Waals surface area contributed by atoms with Crippen molar-refractivity contribution in [3.8, 4) is 0 Å². The van der Waals surface area contributed by atoms with Crippen molar-refractivity contribution in [2.24, 2.45) is 0 Å². The van der Waals surface area contributed by atoms with Crippen LogP contribution >= 0.6 is 11.8 Å². The summed E-state index contributed by atoms with van der Waals surface area (Å²) in [4.78, 5) is 19.4. The van der Waals surface area contributed by atoms with Crippen LogP contribution in [0.3, 0.4) is 0 Å². The second kappa shape index (κ2) is 5.05. The van der Waals surface area contributed by atoms with E-state index in [0.717, 1.165) is 5.56 Å². The van der Waals surface area contributed by atoms with Crippen molar-refractivity contribution >= 4 is 18.0 Å². The lowest BCUT2D eigenvalue weighted by molar-refractivity contribution is 0.112. The number of aromatic nitrogens is 2. The molecule has 86 valence electrons. The van der Waals surface area contributed by atoms with E-state index in [4.69, 9.17) is 0 Å². The Morgan fingerprint density at radius 3 is 2.59 bits per heavy atom. The van der Waals surface area contributed by atoms with Crippen LogP contribution in [0.2, 0.25) is 0 Å². The SMILES string of the molecule is Cc1cnc(Sc2cc(F)cc(C=O)c2)nc1. The standard InChI is InChI=1S/C12H9FN2OS/c1-8-5-14-12(15-6-8)17-11-3-9(7-16)2-10(13)4-11/h2-7H,1H3. The molecule has 17 heavy (non-hydrogen) atoms. The molecule has 0 aliphatic carbocycles. The van der Waals surface area contributed by atoms with Gasteiger partial charge in [0, 0.05) is 22.9 Å². The van der Waals surface area contributed by atoms with Crippen molar-refractivity contribution < 1.29 is 9.18 Å². The molecule has 1 aromatic heterocycles. The molecule has 1 aromatic carbocycles. The van der Waals surface area contributed by atoms with E-state index in [-0.39, 0.29) is 0 Å². The molecular weight excluding hydrogens is 239 g/mol. The summed E-state index contributed by atoms with van der Waals surface area (Å²) < 4.78 is 13.2. The van der Waals surface area contributed by atoms with Crippen LogP contribution in [0.15, 0.2) is 40.6 Å². The molecule has 0 radical (unpaired) electrons. The van der Waals surface area contributed by atoms with Gasteiger partial charge in [0.1, 0.15) is 12.1 Å². The maximum atomic E-state index is 13.2. The Kier molecular flexibility index (Phi) is 3.49. The summed E-state index contributed by atoms with van der Waals surface area (Å²) in [6.45, 7) is 1.89. The molecule has 0 bridgehead atoms. The molecule has 2 aromatic rings. The molecule has 0 aliphatic rings. The average molecular weight is 248 g/mol. The smallest absolute Gasteiger partial charge is 0.192 e. The zero-order valence-electron chi connectivity index (χ0n) is 9.05. The van der Waals surface area contributed by atoms with Crippen LogP contribution in [0.1, 0.15) is 15.9 Å². The molecule has 1 heterocycles. The lowest BCUT2D eigenvalue weighted by Gasteiger charge is -2.01. The molecule has 0 fully saturated rings. The van der Waals surface area contributed by atoms with Crippen LogP contribution in [0.5, 0.6) is 0 Å². The van der Waals surface area contributed by atoms with Gasteiger partial charge in [0.25, 0.3) is 0 Å². The van der Waals surface area contributed by atoms with Gasteiger partial charge in [-0.2, -0.15) is 0 Å². The van der Waals surface area contributed by atoms with Gasteiger partial charge < -0.3 is 0 Å². The molecule has 0 unspecified atom stereocenters. The van der Waals surface area contributed by atoms with Crippen molar-refractivity contribution in [1.82, 2.24) is 9.97 Å². The number of carbonyl (C=O) groups excluding carboxylic acids is 1. The third-order valence-corrected chi connectivity index (χ3v) is 2.86. The Balaban J connectivity index is 2.26. The van der Waals surface area contributed by atoms with Crippen LogP contribution in [0.4, 0.5) is 4.39 Å². The summed E-state index contributed by atoms with van der Waals surface area (Å²) in [5.41, 5.74) is 1.27. The molecule has 2 rings (SSSR count). The molecule has 3 nitrogen and oxygen atoms in total. The van der Waals surface area contributed by atoms with E-state index in [1.54, 1.807) is 18.5 Å². The number of aldehydes is 1. The molecule has 0 saturated carbocycles. The first kappa shape index (κ1) is 11.7. The van der Waals surface area contributed by atoms with Crippen molar-refractivity contribution in [2.75, 3.05) is 0 Å². The van der Waals surface area contributed by atoms with Gasteiger partial charge in [-0.25, -0.2) is 14.4 Å². The third-order valence-electron chi connectivity index (χ3n) is 2.00. The normalized spacial score (nSPS) is 10.2. The number of halogens is 1. The Hall–Kier alpha value is -1.75. The highest BCUT2D eigenvalue weighted by atomic mass is 32.2. The van der Waals surface area contributed by atoms with E-state index in [0.29, 0.717) is 21.9 Å². The van der Waals surface area contributed by atoms with Gasteiger partial charge in [-0.15, -0.1) is 0 Å². The monoisotopic (exact) mass is 248 g/mol. The summed E-state index contributed by atoms with van der Waals surface area (Å²) >= 11 is 1.22. The highest BCUT2D eigenvalue weighted by molar-refractivity contribution is 7.99. The van der Waals surface area contributed by atoms with E-state index in [1.807, 2.05) is 6.92 Å². The minimum atomic E-state index is -0.441. The van der Waals surface area contributed by atoms with Gasteiger partial charge in [-0.3, -0.25) is 4.79 Å².